The van der Waals surface area contributed by atoms with E-state index >= 15 is 0 Å². The van der Waals surface area contributed by atoms with Crippen LogP contribution in [0.25, 0.3) is 0 Å². The second-order valence-electron chi connectivity index (χ2n) is 2.84. The van der Waals surface area contributed by atoms with Crippen LogP contribution in [-0.4, -0.2) is 47.2 Å². The molecule has 13 heavy (non-hydrogen) atoms. The van der Waals surface area contributed by atoms with Crippen LogP contribution in [0.1, 0.15) is 26.7 Å². The maximum atomic E-state index is 4.50. The fourth-order valence-electron chi connectivity index (χ4n) is 0. The highest BCUT2D eigenvalue weighted by Crippen LogP contribution is 1.76. The molecule has 0 saturated heterocycles. The van der Waals surface area contributed by atoms with E-state index in [0.717, 1.165) is 0 Å². The second-order valence-corrected chi connectivity index (χ2v) is 2.84. The van der Waals surface area contributed by atoms with Crippen molar-refractivity contribution in [1.29, 1.82) is 0 Å². The second kappa shape index (κ2) is 40.7. The Labute approximate surface area is 85.7 Å². The van der Waals surface area contributed by atoms with Gasteiger partial charge in [-0.25, -0.2) is 0 Å². The lowest BCUT2D eigenvalue weighted by Crippen LogP contribution is -1.99. The van der Waals surface area contributed by atoms with Crippen molar-refractivity contribution in [2.75, 3.05) is 42.3 Å². The zero-order valence-corrected chi connectivity index (χ0v) is 10.9. The highest BCUT2D eigenvalue weighted by atomic mass is 15.0. The van der Waals surface area contributed by atoms with E-state index in [1.165, 1.54) is 19.9 Å². The molecule has 0 spiro atoms. The summed E-state index contributed by atoms with van der Waals surface area (Å²) in [5, 5.41) is 2.75. The van der Waals surface area contributed by atoms with Gasteiger partial charge in [0.2, 0.25) is 0 Å². The van der Waals surface area contributed by atoms with E-state index in [9.17, 15) is 0 Å². The summed E-state index contributed by atoms with van der Waals surface area (Å²) in [6, 6.07) is 0. The molecule has 0 saturated carbocycles. The molecule has 3 N–H and O–H groups in total. The molecule has 0 radical (unpaired) electrons. The van der Waals surface area contributed by atoms with Crippen LogP contribution in [0.2, 0.25) is 0 Å². The Hall–Kier alpha value is -0.120. The molecular weight excluding hydrogens is 162 g/mol. The molecular formula is C10H31N3. The molecule has 3 heteroatoms. The van der Waals surface area contributed by atoms with E-state index in [-0.39, 0.29) is 0 Å². The van der Waals surface area contributed by atoms with Crippen LogP contribution in [0, 0.1) is 0 Å². The topological polar surface area (TPSA) is 41.3 Å². The first kappa shape index (κ1) is 23.1. The minimum absolute atomic E-state index is 1.32. The molecule has 0 aliphatic carbocycles. The summed E-state index contributed by atoms with van der Waals surface area (Å²) in [7, 11) is 11.2. The number of nitrogens with one attached hydrogen (secondary N) is 1. The van der Waals surface area contributed by atoms with E-state index < -0.39 is 0 Å². The van der Waals surface area contributed by atoms with Gasteiger partial charge in [-0.05, 0) is 42.3 Å². The van der Waals surface area contributed by atoms with E-state index in [2.05, 4.69) is 24.9 Å². The Bertz CT molecular complexity index is 34.4. The van der Waals surface area contributed by atoms with Gasteiger partial charge in [-0.1, -0.05) is 26.7 Å². The van der Waals surface area contributed by atoms with Gasteiger partial charge < -0.3 is 16.0 Å². The zero-order valence-electron chi connectivity index (χ0n) is 10.9. The van der Waals surface area contributed by atoms with Gasteiger partial charge in [-0.2, -0.15) is 0 Å². The number of nitrogens with two attached hydrogens (primary N) is 1. The molecule has 0 aromatic rings. The predicted octanol–water partition coefficient (Wildman–Crippen LogP) is 1.39. The van der Waals surface area contributed by atoms with Crippen molar-refractivity contribution in [3.05, 3.63) is 0 Å². The molecule has 86 valence electrons. The van der Waals surface area contributed by atoms with Gasteiger partial charge in [-0.3, -0.25) is 0 Å². The van der Waals surface area contributed by atoms with Crippen LogP contribution >= 0.6 is 0 Å². The number of nitrogens with zero attached hydrogens (tertiary/aromatic N) is 1. The Kier molecular flexibility index (Phi) is 72.1. The van der Waals surface area contributed by atoms with E-state index in [1.807, 2.05) is 40.1 Å². The number of unbranched alkanes of at least 4 members (excludes halogenated alkanes) is 1. The third-order valence-corrected chi connectivity index (χ3v) is 0.500. The summed E-state index contributed by atoms with van der Waals surface area (Å²) in [6.45, 7) is 4.36. The predicted molar refractivity (Wildman–Crippen MR) is 65.3 cm³/mol. The van der Waals surface area contributed by atoms with E-state index in [1.54, 1.807) is 0 Å². The van der Waals surface area contributed by atoms with Crippen LogP contribution in [0.3, 0.4) is 0 Å². The fraction of sp³-hybridized carbons (Fsp3) is 1.00. The number of hydrogen-bond donors (Lipinski definition) is 2. The molecule has 0 aliphatic rings. The fourth-order valence-corrected chi connectivity index (χ4v) is 0. The highest BCUT2D eigenvalue weighted by Gasteiger charge is 1.58. The van der Waals surface area contributed by atoms with Crippen molar-refractivity contribution in [2.24, 2.45) is 5.73 Å². The molecule has 0 aliphatic heterocycles. The van der Waals surface area contributed by atoms with Gasteiger partial charge >= 0.3 is 0 Å². The molecule has 3 nitrogen and oxygen atoms in total. The van der Waals surface area contributed by atoms with E-state index in [0.29, 0.717) is 0 Å². The van der Waals surface area contributed by atoms with Crippen molar-refractivity contribution in [2.45, 2.75) is 26.7 Å². The van der Waals surface area contributed by atoms with Crippen LogP contribution in [0.15, 0.2) is 0 Å². The van der Waals surface area contributed by atoms with Crippen molar-refractivity contribution in [1.82, 2.24) is 10.2 Å². The monoisotopic (exact) mass is 193 g/mol. The maximum Gasteiger partial charge on any atom is -0.0140 e. The first-order chi connectivity index (χ1) is 6.06. The molecule has 0 amide bonds. The summed E-state index contributed by atoms with van der Waals surface area (Å²) >= 11 is 0. The maximum absolute atomic E-state index is 4.50. The number of hydrogen-bond acceptors (Lipinski definition) is 3. The van der Waals surface area contributed by atoms with Gasteiger partial charge in [-0.15, -0.1) is 0 Å². The van der Waals surface area contributed by atoms with Crippen molar-refractivity contribution >= 4 is 0 Å². The van der Waals surface area contributed by atoms with Crippen molar-refractivity contribution < 1.29 is 0 Å². The van der Waals surface area contributed by atoms with Gasteiger partial charge in [0.15, 0.2) is 0 Å². The lowest BCUT2D eigenvalue weighted by molar-refractivity contribution is 0.505. The van der Waals surface area contributed by atoms with Crippen LogP contribution in [0.4, 0.5) is 0 Å². The molecule has 0 atom stereocenters. The Morgan fingerprint density at radius 3 is 1.00 bits per heavy atom. The summed E-state index contributed by atoms with van der Waals surface area (Å²) < 4.78 is 0. The molecule has 0 rings (SSSR count). The summed E-state index contributed by atoms with van der Waals surface area (Å²) in [5.74, 6) is 0. The van der Waals surface area contributed by atoms with Crippen molar-refractivity contribution in [3.63, 3.8) is 0 Å². The average molecular weight is 193 g/mol. The average Bonchev–Trinajstić information content (AvgIpc) is 2.08. The normalized spacial score (nSPS) is 6.92. The molecule has 0 fully saturated rings. The first-order valence-corrected chi connectivity index (χ1v) is 4.83. The lowest BCUT2D eigenvalue weighted by Gasteiger charge is -1.90. The molecule has 0 bridgehead atoms. The summed E-state index contributed by atoms with van der Waals surface area (Å²) in [5.41, 5.74) is 4.50. The lowest BCUT2D eigenvalue weighted by atomic mass is 10.4. The smallest absolute Gasteiger partial charge is 0.0140 e. The Morgan fingerprint density at radius 2 is 1.00 bits per heavy atom. The number of rotatable bonds is 1. The van der Waals surface area contributed by atoms with Gasteiger partial charge in [0.1, 0.15) is 0 Å². The van der Waals surface area contributed by atoms with Crippen LogP contribution in [0.5, 0.6) is 0 Å². The van der Waals surface area contributed by atoms with E-state index in [4.69, 9.17) is 0 Å². The third-order valence-electron chi connectivity index (χ3n) is 0.500. The minimum Gasteiger partial charge on any atom is -0.333 e. The molecule has 0 aromatic carbocycles. The SMILES string of the molecule is CCCC.CN.CN(C)C.CNC. The van der Waals surface area contributed by atoms with Gasteiger partial charge in [0, 0.05) is 0 Å². The molecule has 0 heterocycles. The Balaban J connectivity index is -0.0000000431. The van der Waals surface area contributed by atoms with Gasteiger partial charge in [0.25, 0.3) is 0 Å². The van der Waals surface area contributed by atoms with Crippen LogP contribution in [-0.2, 0) is 0 Å². The molecule has 0 aromatic heterocycles. The zero-order chi connectivity index (χ0) is 11.7. The summed E-state index contributed by atoms with van der Waals surface area (Å²) in [6.07, 6.45) is 2.64. The van der Waals surface area contributed by atoms with Crippen molar-refractivity contribution in [3.8, 4) is 0 Å². The minimum atomic E-state index is 1.32. The summed E-state index contributed by atoms with van der Waals surface area (Å²) in [4.78, 5) is 2.00. The Morgan fingerprint density at radius 1 is 0.923 bits per heavy atom. The standard InChI is InChI=1S/C4H10.C3H9N.C2H7N.CH5N/c1-3-4-2;1-4(2)3;1-3-2;1-2/h3-4H2,1-2H3;1-3H3;3H,1-2H3;2H2,1H3. The first-order valence-electron chi connectivity index (χ1n) is 4.83. The quantitative estimate of drug-likeness (QED) is 0.661. The largest absolute Gasteiger partial charge is 0.333 e. The van der Waals surface area contributed by atoms with Gasteiger partial charge in [0.05, 0.1) is 0 Å². The van der Waals surface area contributed by atoms with Crippen LogP contribution < -0.4 is 11.1 Å². The molecule has 0 unspecified atom stereocenters. The highest BCUT2D eigenvalue weighted by molar-refractivity contribution is 4.12. The third kappa shape index (κ3) is 1500.